The molecule has 0 amide bonds. The van der Waals surface area contributed by atoms with E-state index in [1.807, 2.05) is 25.2 Å². The Morgan fingerprint density at radius 2 is 1.84 bits per heavy atom. The molecule has 2 rings (SSSR count). The van der Waals surface area contributed by atoms with Gasteiger partial charge in [0.1, 0.15) is 5.82 Å². The fourth-order valence-corrected chi connectivity index (χ4v) is 2.56. The van der Waals surface area contributed by atoms with E-state index in [1.165, 1.54) is 11.8 Å². The van der Waals surface area contributed by atoms with Crippen LogP contribution in [0.1, 0.15) is 31.0 Å². The number of nitrogens with one attached hydrogen (secondary N) is 1. The lowest BCUT2D eigenvalue weighted by atomic mass is 9.75. The van der Waals surface area contributed by atoms with Crippen LogP contribution in [0.25, 0.3) is 0 Å². The van der Waals surface area contributed by atoms with Gasteiger partial charge in [0.05, 0.1) is 6.20 Å². The number of hydrogen-bond donors (Lipinski definition) is 1. The first-order valence-corrected chi connectivity index (χ1v) is 6.39. The third-order valence-electron chi connectivity index (χ3n) is 3.64. The second-order valence-corrected chi connectivity index (χ2v) is 5.21. The molecule has 0 aliphatic heterocycles. The van der Waals surface area contributed by atoms with Crippen LogP contribution in [0.2, 0.25) is 0 Å². The highest BCUT2D eigenvalue weighted by molar-refractivity contribution is 5.31. The fourth-order valence-electron chi connectivity index (χ4n) is 2.56. The third kappa shape index (κ3) is 2.66. The number of nitrogens with zero attached hydrogens (tertiary/aromatic N) is 1. The predicted molar refractivity (Wildman–Crippen MR) is 75.5 cm³/mol. The molecular weight excluding hydrogens is 239 g/mol. The summed E-state index contributed by atoms with van der Waals surface area (Å²) in [6, 6.07) is 11.8. The average Bonchev–Trinajstić information content (AvgIpc) is 2.42. The van der Waals surface area contributed by atoms with Crippen molar-refractivity contribution in [3.05, 3.63) is 65.7 Å². The Hall–Kier alpha value is -1.74. The van der Waals surface area contributed by atoms with Crippen molar-refractivity contribution in [3.63, 3.8) is 0 Å². The van der Waals surface area contributed by atoms with Crippen molar-refractivity contribution in [2.24, 2.45) is 0 Å². The van der Waals surface area contributed by atoms with Gasteiger partial charge in [-0.05, 0) is 18.7 Å². The van der Waals surface area contributed by atoms with Crippen molar-refractivity contribution in [1.29, 1.82) is 0 Å². The molecule has 100 valence electrons. The summed E-state index contributed by atoms with van der Waals surface area (Å²) in [5.74, 6) is -0.272. The molecule has 1 heterocycles. The number of rotatable bonds is 4. The fraction of sp³-hybridized carbons (Fsp3) is 0.312. The van der Waals surface area contributed by atoms with Crippen molar-refractivity contribution in [1.82, 2.24) is 10.3 Å². The Kier molecular flexibility index (Phi) is 3.96. The Morgan fingerprint density at radius 1 is 1.16 bits per heavy atom. The maximum Gasteiger partial charge on any atom is 0.146 e. The van der Waals surface area contributed by atoms with Gasteiger partial charge in [-0.15, -0.1) is 0 Å². The molecule has 0 saturated heterocycles. The summed E-state index contributed by atoms with van der Waals surface area (Å²) >= 11 is 0. The highest BCUT2D eigenvalue weighted by atomic mass is 19.1. The van der Waals surface area contributed by atoms with Crippen LogP contribution in [-0.4, -0.2) is 12.0 Å². The topological polar surface area (TPSA) is 24.9 Å². The molecule has 2 aromatic rings. The van der Waals surface area contributed by atoms with Crippen LogP contribution in [0.4, 0.5) is 4.39 Å². The molecule has 0 bridgehead atoms. The molecule has 1 unspecified atom stereocenters. The number of halogens is 1. The van der Waals surface area contributed by atoms with E-state index in [4.69, 9.17) is 0 Å². The molecule has 0 fully saturated rings. The summed E-state index contributed by atoms with van der Waals surface area (Å²) in [6.07, 6.45) is 2.89. The predicted octanol–water partition coefficient (Wildman–Crippen LogP) is 3.46. The summed E-state index contributed by atoms with van der Waals surface area (Å²) in [5.41, 5.74) is 1.59. The molecule has 1 aromatic heterocycles. The summed E-state index contributed by atoms with van der Waals surface area (Å²) < 4.78 is 14.0. The number of aromatic nitrogens is 1. The van der Waals surface area contributed by atoms with Gasteiger partial charge in [-0.2, -0.15) is 0 Å². The highest BCUT2D eigenvalue weighted by Gasteiger charge is 2.32. The average molecular weight is 258 g/mol. The lowest BCUT2D eigenvalue weighted by Crippen LogP contribution is -2.36. The highest BCUT2D eigenvalue weighted by Crippen LogP contribution is 2.37. The van der Waals surface area contributed by atoms with Crippen LogP contribution >= 0.6 is 0 Å². The van der Waals surface area contributed by atoms with Gasteiger partial charge in [-0.25, -0.2) is 4.39 Å². The largest absolute Gasteiger partial charge is 0.312 e. The molecule has 0 saturated carbocycles. The molecule has 3 heteroatoms. The summed E-state index contributed by atoms with van der Waals surface area (Å²) in [7, 11) is 1.86. The zero-order valence-corrected chi connectivity index (χ0v) is 11.5. The minimum absolute atomic E-state index is 0.113. The first-order valence-electron chi connectivity index (χ1n) is 6.39. The van der Waals surface area contributed by atoms with Crippen LogP contribution in [0, 0.1) is 5.82 Å². The Morgan fingerprint density at radius 3 is 2.42 bits per heavy atom. The number of pyridine rings is 1. The summed E-state index contributed by atoms with van der Waals surface area (Å²) in [5, 5.41) is 3.23. The lowest BCUT2D eigenvalue weighted by Gasteiger charge is -2.35. The van der Waals surface area contributed by atoms with Gasteiger partial charge >= 0.3 is 0 Å². The van der Waals surface area contributed by atoms with E-state index in [9.17, 15) is 4.39 Å². The maximum absolute atomic E-state index is 14.0. The third-order valence-corrected chi connectivity index (χ3v) is 3.64. The van der Waals surface area contributed by atoms with Crippen molar-refractivity contribution in [3.8, 4) is 0 Å². The monoisotopic (exact) mass is 258 g/mol. The second-order valence-electron chi connectivity index (χ2n) is 5.21. The zero-order valence-electron chi connectivity index (χ0n) is 11.5. The molecule has 2 nitrogen and oxygen atoms in total. The molecular formula is C16H19FN2. The first kappa shape index (κ1) is 13.7. The number of hydrogen-bond acceptors (Lipinski definition) is 2. The number of likely N-dealkylation sites (N-methyl/N-ethyl adjacent to an activating group) is 1. The van der Waals surface area contributed by atoms with Gasteiger partial charge in [0.25, 0.3) is 0 Å². The van der Waals surface area contributed by atoms with Crippen molar-refractivity contribution in [2.45, 2.75) is 25.3 Å². The van der Waals surface area contributed by atoms with Gasteiger partial charge in [-0.1, -0.05) is 44.2 Å². The maximum atomic E-state index is 14.0. The Labute approximate surface area is 113 Å². The molecule has 1 atom stereocenters. The van der Waals surface area contributed by atoms with E-state index < -0.39 is 0 Å². The zero-order chi connectivity index (χ0) is 13.9. The second kappa shape index (κ2) is 5.49. The van der Waals surface area contributed by atoms with Crippen molar-refractivity contribution in [2.75, 3.05) is 7.05 Å². The van der Waals surface area contributed by atoms with E-state index in [-0.39, 0.29) is 17.3 Å². The van der Waals surface area contributed by atoms with Crippen LogP contribution < -0.4 is 5.32 Å². The first-order chi connectivity index (χ1) is 9.07. The molecule has 19 heavy (non-hydrogen) atoms. The van der Waals surface area contributed by atoms with E-state index >= 15 is 0 Å². The van der Waals surface area contributed by atoms with E-state index in [0.717, 1.165) is 0 Å². The Bertz CT molecular complexity index is 537. The number of benzene rings is 1. The molecule has 0 spiro atoms. The molecule has 1 N–H and O–H groups in total. The van der Waals surface area contributed by atoms with E-state index in [1.54, 1.807) is 12.3 Å². The van der Waals surface area contributed by atoms with Crippen molar-refractivity contribution < 1.29 is 4.39 Å². The van der Waals surface area contributed by atoms with Crippen LogP contribution in [0.5, 0.6) is 0 Å². The minimum atomic E-state index is -0.272. The van der Waals surface area contributed by atoms with Gasteiger partial charge in [0.2, 0.25) is 0 Å². The van der Waals surface area contributed by atoms with Crippen LogP contribution in [-0.2, 0) is 5.41 Å². The van der Waals surface area contributed by atoms with Gasteiger partial charge in [-0.3, -0.25) is 4.98 Å². The lowest BCUT2D eigenvalue weighted by molar-refractivity contribution is 0.357. The quantitative estimate of drug-likeness (QED) is 0.908. The van der Waals surface area contributed by atoms with Gasteiger partial charge < -0.3 is 5.32 Å². The van der Waals surface area contributed by atoms with Gasteiger partial charge in [0, 0.05) is 23.2 Å². The molecule has 0 aliphatic rings. The Balaban J connectivity index is 2.45. The van der Waals surface area contributed by atoms with E-state index in [2.05, 4.69) is 36.3 Å². The molecule has 0 radical (unpaired) electrons. The molecule has 1 aromatic carbocycles. The minimum Gasteiger partial charge on any atom is -0.312 e. The smallest absolute Gasteiger partial charge is 0.146 e. The summed E-state index contributed by atoms with van der Waals surface area (Å²) in [6.45, 7) is 4.23. The molecule has 0 aliphatic carbocycles. The van der Waals surface area contributed by atoms with E-state index in [0.29, 0.717) is 5.56 Å². The SMILES string of the molecule is CNC(c1ccncc1F)C(C)(C)c1ccccc1. The standard InChI is InChI=1S/C16H19FN2/c1-16(2,12-7-5-4-6-8-12)15(18-3)13-9-10-19-11-14(13)17/h4-11,15,18H,1-3H3. The van der Waals surface area contributed by atoms with Crippen LogP contribution in [0.3, 0.4) is 0 Å². The van der Waals surface area contributed by atoms with Gasteiger partial charge in [0.15, 0.2) is 0 Å². The summed E-state index contributed by atoms with van der Waals surface area (Å²) in [4.78, 5) is 3.81. The normalized spacial score (nSPS) is 13.3. The van der Waals surface area contributed by atoms with Crippen molar-refractivity contribution >= 4 is 0 Å². The van der Waals surface area contributed by atoms with Crippen LogP contribution in [0.15, 0.2) is 48.8 Å².